The highest BCUT2D eigenvalue weighted by Crippen LogP contribution is 2.49. The predicted molar refractivity (Wildman–Crippen MR) is 122 cm³/mol. The van der Waals surface area contributed by atoms with E-state index < -0.39 is 8.60 Å². The topological polar surface area (TPSA) is 129 Å². The van der Waals surface area contributed by atoms with Gasteiger partial charge in [0, 0.05) is 18.5 Å². The monoisotopic (exact) mass is 492 g/mol. The molecule has 33 heavy (non-hydrogen) atoms. The molecule has 0 amide bonds. The number of ether oxygens (including phenoxy) is 1. The average molecular weight is 492 g/mol. The van der Waals surface area contributed by atoms with E-state index in [0.29, 0.717) is 36.6 Å². The van der Waals surface area contributed by atoms with Gasteiger partial charge in [0.25, 0.3) is 0 Å². The number of hydrogen-bond acceptors (Lipinski definition) is 11. The standard InChI is InChI=1S/C20H25N6O5PS/c1-12-7-14(29-20(12)26-11-25-17-18(21)23-10-24-19(17)26)9-28-32-30-15(4-6-27-31-32)13-3-5-22-16(8-13)33-2/h3,5,8,10-12,14-15,20H,4,6-7,9H2,1-2H3,(H2,21,23,24). The average Bonchev–Trinajstić information content (AvgIpc) is 3.33. The SMILES string of the molecule is CSc1cc(C2CCOOP(OCC3CC(C)C(n4cnc5c(N)ncnc54)O3)O2)ccn1. The Morgan fingerprint density at radius 3 is 3.09 bits per heavy atom. The number of fused-ring (bicyclic) bond motifs is 1. The van der Waals surface area contributed by atoms with Gasteiger partial charge >= 0.3 is 8.60 Å². The Hall–Kier alpha value is -1.92. The van der Waals surface area contributed by atoms with E-state index in [1.807, 2.05) is 23.0 Å². The molecule has 2 fully saturated rings. The molecular weight excluding hydrogens is 467 g/mol. The molecular formula is C20H25N6O5PS. The van der Waals surface area contributed by atoms with Gasteiger partial charge in [-0.3, -0.25) is 4.57 Å². The van der Waals surface area contributed by atoms with Crippen LogP contribution in [0.15, 0.2) is 36.0 Å². The lowest BCUT2D eigenvalue weighted by molar-refractivity contribution is -0.208. The molecule has 0 aliphatic carbocycles. The summed E-state index contributed by atoms with van der Waals surface area (Å²) in [6, 6.07) is 3.97. The summed E-state index contributed by atoms with van der Waals surface area (Å²) in [5, 5.41) is 0.936. The minimum atomic E-state index is -1.68. The molecule has 2 aliphatic rings. The van der Waals surface area contributed by atoms with Gasteiger partial charge in [0.2, 0.25) is 0 Å². The maximum atomic E-state index is 6.27. The highest BCUT2D eigenvalue weighted by molar-refractivity contribution is 7.98. The van der Waals surface area contributed by atoms with Crippen molar-refractivity contribution in [3.05, 3.63) is 36.5 Å². The number of nitrogen functional groups attached to an aromatic ring is 1. The number of aromatic nitrogens is 5. The van der Waals surface area contributed by atoms with E-state index in [4.69, 9.17) is 29.1 Å². The maximum Gasteiger partial charge on any atom is 0.363 e. The van der Waals surface area contributed by atoms with Crippen molar-refractivity contribution in [3.63, 3.8) is 0 Å². The normalized spacial score (nSPS) is 28.2. The zero-order chi connectivity index (χ0) is 22.8. The minimum Gasteiger partial charge on any atom is -0.382 e. The van der Waals surface area contributed by atoms with Crippen molar-refractivity contribution in [3.8, 4) is 0 Å². The first-order chi connectivity index (χ1) is 16.1. The van der Waals surface area contributed by atoms with Crippen molar-refractivity contribution in [1.82, 2.24) is 24.5 Å². The molecule has 5 heterocycles. The smallest absolute Gasteiger partial charge is 0.363 e. The lowest BCUT2D eigenvalue weighted by atomic mass is 10.1. The lowest BCUT2D eigenvalue weighted by Gasteiger charge is -2.20. The summed E-state index contributed by atoms with van der Waals surface area (Å²) in [5.74, 6) is 0.574. The van der Waals surface area contributed by atoms with Crippen LogP contribution < -0.4 is 5.73 Å². The van der Waals surface area contributed by atoms with Gasteiger partial charge in [-0.25, -0.2) is 24.8 Å². The Bertz CT molecular complexity index is 1110. The number of nitrogens with two attached hydrogens (primary N) is 1. The molecule has 2 aliphatic heterocycles. The number of imidazole rings is 1. The molecule has 3 aromatic heterocycles. The number of hydrogen-bond donors (Lipinski definition) is 1. The van der Waals surface area contributed by atoms with Crippen LogP contribution in [0.4, 0.5) is 5.82 Å². The van der Waals surface area contributed by atoms with Gasteiger partial charge in [-0.1, -0.05) is 6.92 Å². The zero-order valence-corrected chi connectivity index (χ0v) is 19.9. The van der Waals surface area contributed by atoms with Crippen LogP contribution in [0, 0.1) is 5.92 Å². The van der Waals surface area contributed by atoms with Crippen molar-refractivity contribution in [1.29, 1.82) is 0 Å². The van der Waals surface area contributed by atoms with Gasteiger partial charge in [0.15, 0.2) is 11.5 Å². The molecule has 2 saturated heterocycles. The number of anilines is 1. The lowest BCUT2D eigenvalue weighted by Crippen LogP contribution is -2.16. The van der Waals surface area contributed by atoms with E-state index >= 15 is 0 Å². The van der Waals surface area contributed by atoms with E-state index in [9.17, 15) is 0 Å². The molecule has 3 aromatic rings. The molecule has 0 bridgehead atoms. The first-order valence-corrected chi connectivity index (χ1v) is 12.9. The highest BCUT2D eigenvalue weighted by Gasteiger charge is 2.36. The van der Waals surface area contributed by atoms with Crippen molar-refractivity contribution in [2.45, 2.75) is 43.2 Å². The van der Waals surface area contributed by atoms with Crippen LogP contribution in [0.5, 0.6) is 0 Å². The summed E-state index contributed by atoms with van der Waals surface area (Å²) < 4.78 is 25.6. The van der Waals surface area contributed by atoms with Crippen molar-refractivity contribution >= 4 is 37.3 Å². The fourth-order valence-electron chi connectivity index (χ4n) is 3.99. The summed E-state index contributed by atoms with van der Waals surface area (Å²) in [6.07, 6.45) is 7.82. The molecule has 0 spiro atoms. The van der Waals surface area contributed by atoms with Crippen LogP contribution in [0.2, 0.25) is 0 Å². The second-order valence-corrected chi connectivity index (χ2v) is 9.77. The molecule has 11 nitrogen and oxygen atoms in total. The Morgan fingerprint density at radius 1 is 1.30 bits per heavy atom. The van der Waals surface area contributed by atoms with E-state index in [1.165, 1.54) is 6.33 Å². The molecule has 0 saturated carbocycles. The van der Waals surface area contributed by atoms with Crippen LogP contribution in [0.25, 0.3) is 11.2 Å². The molecule has 0 radical (unpaired) electrons. The Kier molecular flexibility index (Phi) is 7.02. The summed E-state index contributed by atoms with van der Waals surface area (Å²) in [4.78, 5) is 22.3. The molecule has 0 aromatic carbocycles. The minimum absolute atomic E-state index is 0.137. The number of rotatable bonds is 6. The van der Waals surface area contributed by atoms with Crippen molar-refractivity contribution < 1.29 is 23.3 Å². The number of nitrogens with zero attached hydrogens (tertiary/aromatic N) is 5. The molecule has 5 unspecified atom stereocenters. The Morgan fingerprint density at radius 2 is 2.21 bits per heavy atom. The molecule has 5 atom stereocenters. The van der Waals surface area contributed by atoms with E-state index in [2.05, 4.69) is 26.9 Å². The maximum absolute atomic E-state index is 6.27. The summed E-state index contributed by atoms with van der Waals surface area (Å²) in [7, 11) is -1.68. The van der Waals surface area contributed by atoms with Crippen LogP contribution in [0.1, 0.15) is 37.7 Å². The quantitative estimate of drug-likeness (QED) is 0.306. The van der Waals surface area contributed by atoms with Crippen LogP contribution in [0.3, 0.4) is 0 Å². The van der Waals surface area contributed by atoms with Gasteiger partial charge in [0.05, 0.1) is 36.8 Å². The number of pyridine rings is 1. The largest absolute Gasteiger partial charge is 0.382 e. The summed E-state index contributed by atoms with van der Waals surface area (Å²) in [5.41, 5.74) is 8.16. The van der Waals surface area contributed by atoms with E-state index in [0.717, 1.165) is 17.0 Å². The molecule has 5 rings (SSSR count). The van der Waals surface area contributed by atoms with Gasteiger partial charge in [-0.15, -0.1) is 11.8 Å². The van der Waals surface area contributed by atoms with Gasteiger partial charge in [0.1, 0.15) is 18.1 Å². The third kappa shape index (κ3) is 4.97. The third-order valence-electron chi connectivity index (χ3n) is 5.61. The first kappa shape index (κ1) is 22.9. The molecule has 13 heteroatoms. The summed E-state index contributed by atoms with van der Waals surface area (Å²) in [6.45, 7) is 2.86. The van der Waals surface area contributed by atoms with E-state index in [-0.39, 0.29) is 24.4 Å². The van der Waals surface area contributed by atoms with Gasteiger partial charge in [-0.2, -0.15) is 4.67 Å². The fraction of sp³-hybridized carbons (Fsp3) is 0.500. The van der Waals surface area contributed by atoms with Crippen LogP contribution in [-0.4, -0.2) is 50.1 Å². The van der Waals surface area contributed by atoms with Crippen molar-refractivity contribution in [2.24, 2.45) is 5.92 Å². The van der Waals surface area contributed by atoms with Gasteiger partial charge < -0.3 is 19.5 Å². The first-order valence-electron chi connectivity index (χ1n) is 10.6. The Balaban J connectivity index is 1.21. The second-order valence-electron chi connectivity index (χ2n) is 7.87. The predicted octanol–water partition coefficient (Wildman–Crippen LogP) is 3.80. The van der Waals surface area contributed by atoms with Crippen LogP contribution in [-0.2, 0) is 23.3 Å². The number of thioether (sulfide) groups is 1. The second kappa shape index (κ2) is 10.1. The summed E-state index contributed by atoms with van der Waals surface area (Å²) >= 11 is 1.59. The Labute approximate surface area is 196 Å². The van der Waals surface area contributed by atoms with E-state index in [1.54, 1.807) is 24.3 Å². The highest BCUT2D eigenvalue weighted by atomic mass is 32.2. The fourth-order valence-corrected chi connectivity index (χ4v) is 5.43. The van der Waals surface area contributed by atoms with Crippen molar-refractivity contribution in [2.75, 3.05) is 25.2 Å². The third-order valence-corrected chi connectivity index (χ3v) is 7.27. The molecule has 176 valence electrons. The zero-order valence-electron chi connectivity index (χ0n) is 18.2. The van der Waals surface area contributed by atoms with Crippen LogP contribution >= 0.6 is 20.4 Å². The van der Waals surface area contributed by atoms with Gasteiger partial charge in [-0.05, 0) is 30.4 Å². The molecule has 2 N–H and O–H groups in total.